The van der Waals surface area contributed by atoms with E-state index in [1.807, 2.05) is 61.5 Å². The van der Waals surface area contributed by atoms with Crippen molar-refractivity contribution in [2.75, 3.05) is 7.11 Å². The molecule has 0 saturated carbocycles. The fraction of sp³-hybridized carbons (Fsp3) is 0.0714. The summed E-state index contributed by atoms with van der Waals surface area (Å²) in [5.74, 6) is 0.626. The van der Waals surface area contributed by atoms with Crippen molar-refractivity contribution in [2.24, 2.45) is 0 Å². The van der Waals surface area contributed by atoms with Gasteiger partial charge in [0.2, 0.25) is 4.96 Å². The molecule has 0 aliphatic heterocycles. The average molecular weight is 537 g/mol. The molecule has 0 atom stereocenters. The number of benzene rings is 3. The molecule has 6 rings (SSSR count). The number of hydrogen-bond acceptors (Lipinski definition) is 8. The fourth-order valence-corrected chi connectivity index (χ4v) is 5.11. The van der Waals surface area contributed by atoms with E-state index in [2.05, 4.69) is 10.1 Å². The molecule has 0 bridgehead atoms. The van der Waals surface area contributed by atoms with Crippen LogP contribution in [0.15, 0.2) is 83.8 Å². The number of nitrogens with zero attached hydrogens (tertiary/aromatic N) is 6. The Morgan fingerprint density at radius 1 is 1.00 bits per heavy atom. The standard InChI is InChI=1S/C28H20N6O4S/c1-17-8-10-18(11-9-17)26-29-28-33(31-26)27(35)24(39-28)15-20-16-32(21-6-4-3-5-7-21)30-25(20)19-12-13-23(38-2)22(14-19)34(36)37/h3-16H,1-2H3. The number of rotatable bonds is 6. The first kappa shape index (κ1) is 24.2. The molecule has 39 heavy (non-hydrogen) atoms. The quantitative estimate of drug-likeness (QED) is 0.228. The van der Waals surface area contributed by atoms with Crippen LogP contribution < -0.4 is 14.8 Å². The summed E-state index contributed by atoms with van der Waals surface area (Å²) in [6.45, 7) is 2.00. The van der Waals surface area contributed by atoms with E-state index in [9.17, 15) is 14.9 Å². The summed E-state index contributed by atoms with van der Waals surface area (Å²) in [6.07, 6.45) is 3.50. The molecular weight excluding hydrogens is 516 g/mol. The van der Waals surface area contributed by atoms with Crippen LogP contribution in [0.4, 0.5) is 5.69 Å². The van der Waals surface area contributed by atoms with Crippen LogP contribution in [-0.4, -0.2) is 36.4 Å². The monoisotopic (exact) mass is 536 g/mol. The van der Waals surface area contributed by atoms with Gasteiger partial charge in [0.25, 0.3) is 5.56 Å². The van der Waals surface area contributed by atoms with E-state index in [4.69, 9.17) is 9.84 Å². The lowest BCUT2D eigenvalue weighted by atomic mass is 10.1. The van der Waals surface area contributed by atoms with Crippen molar-refractivity contribution in [1.29, 1.82) is 0 Å². The van der Waals surface area contributed by atoms with E-state index >= 15 is 0 Å². The van der Waals surface area contributed by atoms with Crippen molar-refractivity contribution in [3.63, 3.8) is 0 Å². The Balaban J connectivity index is 1.50. The third kappa shape index (κ3) is 4.44. The molecule has 0 spiro atoms. The van der Waals surface area contributed by atoms with E-state index in [1.54, 1.807) is 23.0 Å². The molecule has 0 aliphatic carbocycles. The lowest BCUT2D eigenvalue weighted by Gasteiger charge is -2.04. The minimum Gasteiger partial charge on any atom is -0.490 e. The summed E-state index contributed by atoms with van der Waals surface area (Å²) in [5.41, 5.74) is 3.86. The van der Waals surface area contributed by atoms with Crippen molar-refractivity contribution in [2.45, 2.75) is 6.92 Å². The second-order valence-corrected chi connectivity index (χ2v) is 9.78. The molecule has 10 nitrogen and oxygen atoms in total. The van der Waals surface area contributed by atoms with Crippen LogP contribution in [0.25, 0.3) is 39.4 Å². The minimum absolute atomic E-state index is 0.147. The number of fused-ring (bicyclic) bond motifs is 1. The van der Waals surface area contributed by atoms with Crippen LogP contribution in [0, 0.1) is 17.0 Å². The van der Waals surface area contributed by atoms with Gasteiger partial charge < -0.3 is 4.74 Å². The summed E-state index contributed by atoms with van der Waals surface area (Å²) < 4.78 is 8.54. The molecule has 11 heteroatoms. The topological polar surface area (TPSA) is 117 Å². The molecule has 0 amide bonds. The largest absolute Gasteiger partial charge is 0.490 e. The Hall–Kier alpha value is -5.16. The average Bonchev–Trinajstić information content (AvgIpc) is 3.64. The molecule has 0 N–H and O–H groups in total. The van der Waals surface area contributed by atoms with Gasteiger partial charge in [-0.2, -0.15) is 14.6 Å². The number of nitro groups is 1. The zero-order valence-electron chi connectivity index (χ0n) is 20.8. The lowest BCUT2D eigenvalue weighted by molar-refractivity contribution is -0.385. The Labute approximate surface area is 225 Å². The molecule has 0 saturated heterocycles. The van der Waals surface area contributed by atoms with Gasteiger partial charge in [-0.3, -0.25) is 14.9 Å². The van der Waals surface area contributed by atoms with Gasteiger partial charge in [0.05, 0.1) is 22.3 Å². The van der Waals surface area contributed by atoms with E-state index in [0.29, 0.717) is 32.1 Å². The number of nitro benzene ring substituents is 1. The highest BCUT2D eigenvalue weighted by Gasteiger charge is 2.20. The van der Waals surface area contributed by atoms with Crippen molar-refractivity contribution >= 4 is 28.1 Å². The summed E-state index contributed by atoms with van der Waals surface area (Å²) >= 11 is 1.22. The molecule has 3 aromatic carbocycles. The maximum atomic E-state index is 13.3. The number of ether oxygens (including phenoxy) is 1. The first-order valence-corrected chi connectivity index (χ1v) is 12.7. The van der Waals surface area contributed by atoms with Gasteiger partial charge in [-0.25, -0.2) is 4.68 Å². The first-order chi connectivity index (χ1) is 18.9. The van der Waals surface area contributed by atoms with E-state index in [-0.39, 0.29) is 17.0 Å². The second kappa shape index (κ2) is 9.62. The Morgan fingerprint density at radius 2 is 1.74 bits per heavy atom. The maximum absolute atomic E-state index is 13.3. The van der Waals surface area contributed by atoms with Crippen molar-refractivity contribution < 1.29 is 9.66 Å². The molecule has 3 heterocycles. The van der Waals surface area contributed by atoms with Crippen molar-refractivity contribution in [1.82, 2.24) is 24.4 Å². The molecular formula is C28H20N6O4S. The number of para-hydroxylation sites is 1. The van der Waals surface area contributed by atoms with Gasteiger partial charge >= 0.3 is 5.69 Å². The molecule has 0 aliphatic rings. The minimum atomic E-state index is -0.499. The summed E-state index contributed by atoms with van der Waals surface area (Å²) in [5, 5.41) is 20.8. The van der Waals surface area contributed by atoms with E-state index < -0.39 is 4.92 Å². The van der Waals surface area contributed by atoms with Gasteiger partial charge in [0.1, 0.15) is 5.69 Å². The third-order valence-corrected chi connectivity index (χ3v) is 7.15. The Morgan fingerprint density at radius 3 is 2.44 bits per heavy atom. The normalized spacial score (nSPS) is 11.8. The highest BCUT2D eigenvalue weighted by molar-refractivity contribution is 7.15. The molecule has 3 aromatic heterocycles. The van der Waals surface area contributed by atoms with Gasteiger partial charge in [0, 0.05) is 29.0 Å². The van der Waals surface area contributed by atoms with Gasteiger partial charge in [-0.15, -0.1) is 5.10 Å². The Bertz CT molecular complexity index is 1960. The van der Waals surface area contributed by atoms with Crippen LogP contribution in [0.1, 0.15) is 11.1 Å². The zero-order valence-corrected chi connectivity index (χ0v) is 21.6. The predicted octanol–water partition coefficient (Wildman–Crippen LogP) is 4.44. The van der Waals surface area contributed by atoms with Gasteiger partial charge in [-0.05, 0) is 37.3 Å². The maximum Gasteiger partial charge on any atom is 0.311 e. The van der Waals surface area contributed by atoms with Crippen LogP contribution in [-0.2, 0) is 0 Å². The molecule has 6 aromatic rings. The number of aryl methyl sites for hydroxylation is 1. The second-order valence-electron chi connectivity index (χ2n) is 8.77. The molecule has 0 unspecified atom stereocenters. The number of hydrogen-bond donors (Lipinski definition) is 0. The predicted molar refractivity (Wildman–Crippen MR) is 148 cm³/mol. The number of aromatic nitrogens is 5. The smallest absolute Gasteiger partial charge is 0.311 e. The summed E-state index contributed by atoms with van der Waals surface area (Å²) in [7, 11) is 1.38. The number of methoxy groups -OCH3 is 1. The van der Waals surface area contributed by atoms with E-state index in [1.165, 1.54) is 35.1 Å². The van der Waals surface area contributed by atoms with Crippen LogP contribution in [0.5, 0.6) is 5.75 Å². The van der Waals surface area contributed by atoms with Crippen LogP contribution >= 0.6 is 11.3 Å². The fourth-order valence-electron chi connectivity index (χ4n) is 4.21. The highest BCUT2D eigenvalue weighted by atomic mass is 32.1. The first-order valence-electron chi connectivity index (χ1n) is 11.9. The van der Waals surface area contributed by atoms with Crippen molar-refractivity contribution in [3.05, 3.63) is 115 Å². The van der Waals surface area contributed by atoms with Crippen molar-refractivity contribution in [3.8, 4) is 34.1 Å². The summed E-state index contributed by atoms with van der Waals surface area (Å²) in [6, 6.07) is 21.9. The summed E-state index contributed by atoms with van der Waals surface area (Å²) in [4.78, 5) is 29.5. The third-order valence-electron chi connectivity index (χ3n) is 6.19. The highest BCUT2D eigenvalue weighted by Crippen LogP contribution is 2.33. The Kier molecular flexibility index (Phi) is 5.97. The van der Waals surface area contributed by atoms with E-state index in [0.717, 1.165) is 16.8 Å². The lowest BCUT2D eigenvalue weighted by Crippen LogP contribution is -2.23. The van der Waals surface area contributed by atoms with Crippen LogP contribution in [0.2, 0.25) is 0 Å². The van der Waals surface area contributed by atoms with Gasteiger partial charge in [0.15, 0.2) is 11.6 Å². The number of thiazole rings is 1. The van der Waals surface area contributed by atoms with Crippen LogP contribution in [0.3, 0.4) is 0 Å². The molecule has 192 valence electrons. The molecule has 0 fully saturated rings. The SMILES string of the molecule is COc1ccc(-c2nn(-c3ccccc3)cc2C=c2sc3nc(-c4ccc(C)cc4)nn3c2=O)cc1[N+](=O)[O-]. The molecule has 0 radical (unpaired) electrons. The van der Waals surface area contributed by atoms with Gasteiger partial charge in [-0.1, -0.05) is 59.4 Å². The zero-order chi connectivity index (χ0) is 27.1.